The molecule has 0 heterocycles. The third kappa shape index (κ3) is 3.95. The Kier molecular flexibility index (Phi) is 5.62. The number of amides is 1. The van der Waals surface area contributed by atoms with Crippen LogP contribution in [0.1, 0.15) is 15.9 Å². The number of carbonyl (C=O) groups is 1. The van der Waals surface area contributed by atoms with E-state index >= 15 is 0 Å². The number of hydrogen-bond acceptors (Lipinski definition) is 6. The molecule has 0 atom stereocenters. The van der Waals surface area contributed by atoms with E-state index in [4.69, 9.17) is 14.2 Å². The van der Waals surface area contributed by atoms with Gasteiger partial charge in [0.25, 0.3) is 5.91 Å². The van der Waals surface area contributed by atoms with Crippen molar-refractivity contribution in [2.75, 3.05) is 21.3 Å². The monoisotopic (exact) mass is 330 g/mol. The molecule has 0 fully saturated rings. The zero-order valence-corrected chi connectivity index (χ0v) is 13.6. The lowest BCUT2D eigenvalue weighted by Crippen LogP contribution is -2.18. The van der Waals surface area contributed by atoms with Gasteiger partial charge in [-0.25, -0.2) is 5.43 Å². The van der Waals surface area contributed by atoms with Gasteiger partial charge in [-0.15, -0.1) is 0 Å². The molecule has 0 radical (unpaired) electrons. The van der Waals surface area contributed by atoms with Crippen molar-refractivity contribution in [3.05, 3.63) is 47.5 Å². The minimum absolute atomic E-state index is 0.120. The summed E-state index contributed by atoms with van der Waals surface area (Å²) in [6.07, 6.45) is 1.43. The Morgan fingerprint density at radius 1 is 1.08 bits per heavy atom. The number of ether oxygens (including phenoxy) is 3. The van der Waals surface area contributed by atoms with Crippen molar-refractivity contribution in [2.45, 2.75) is 0 Å². The lowest BCUT2D eigenvalue weighted by Gasteiger charge is -2.13. The van der Waals surface area contributed by atoms with Crippen LogP contribution in [0.3, 0.4) is 0 Å². The predicted molar refractivity (Wildman–Crippen MR) is 89.3 cm³/mol. The lowest BCUT2D eigenvalue weighted by atomic mass is 10.1. The van der Waals surface area contributed by atoms with E-state index in [-0.39, 0.29) is 5.75 Å². The van der Waals surface area contributed by atoms with Gasteiger partial charge in [0, 0.05) is 5.56 Å². The summed E-state index contributed by atoms with van der Waals surface area (Å²) in [6, 6.07) is 9.55. The van der Waals surface area contributed by atoms with Gasteiger partial charge in [-0.05, 0) is 29.8 Å². The number of phenolic OH excluding ortho intramolecular Hbond substituents is 1. The van der Waals surface area contributed by atoms with Gasteiger partial charge in [0.15, 0.2) is 11.5 Å². The highest BCUT2D eigenvalue weighted by Crippen LogP contribution is 2.38. The number of methoxy groups -OCH3 is 3. The largest absolute Gasteiger partial charge is 0.508 e. The summed E-state index contributed by atoms with van der Waals surface area (Å²) in [5.74, 6) is 0.832. The van der Waals surface area contributed by atoms with E-state index in [0.717, 1.165) is 0 Å². The minimum atomic E-state index is -0.439. The summed E-state index contributed by atoms with van der Waals surface area (Å²) >= 11 is 0. The topological polar surface area (TPSA) is 89.4 Å². The molecule has 2 N–H and O–H groups in total. The van der Waals surface area contributed by atoms with Crippen LogP contribution in [0.15, 0.2) is 41.5 Å². The molecule has 2 rings (SSSR count). The fourth-order valence-corrected chi connectivity index (χ4v) is 2.05. The molecule has 0 aliphatic carbocycles. The predicted octanol–water partition coefficient (Wildman–Crippen LogP) is 2.18. The first-order chi connectivity index (χ1) is 11.6. The molecule has 0 aromatic heterocycles. The number of nitrogens with one attached hydrogen (secondary N) is 1. The molecule has 0 aliphatic heterocycles. The molecule has 7 nitrogen and oxygen atoms in total. The number of nitrogens with zero attached hydrogens (tertiary/aromatic N) is 1. The van der Waals surface area contributed by atoms with Crippen LogP contribution in [-0.2, 0) is 0 Å². The third-order valence-electron chi connectivity index (χ3n) is 3.18. The zero-order chi connectivity index (χ0) is 17.5. The molecular weight excluding hydrogens is 312 g/mol. The first kappa shape index (κ1) is 17.1. The SMILES string of the molecule is COc1cc(C(=O)N/N=C\c2cccc(O)c2)cc(OC)c1OC. The summed E-state index contributed by atoms with van der Waals surface area (Å²) in [5.41, 5.74) is 3.36. The summed E-state index contributed by atoms with van der Waals surface area (Å²) in [7, 11) is 4.43. The maximum absolute atomic E-state index is 12.2. The quantitative estimate of drug-likeness (QED) is 0.626. The molecule has 2 aromatic rings. The van der Waals surface area contributed by atoms with Gasteiger partial charge in [-0.3, -0.25) is 4.79 Å². The molecule has 24 heavy (non-hydrogen) atoms. The number of rotatable bonds is 6. The third-order valence-corrected chi connectivity index (χ3v) is 3.18. The number of hydrogen-bond donors (Lipinski definition) is 2. The highest BCUT2D eigenvalue weighted by Gasteiger charge is 2.16. The first-order valence-corrected chi connectivity index (χ1v) is 7.01. The molecular formula is C17H18N2O5. The van der Waals surface area contributed by atoms with Gasteiger partial charge in [0.1, 0.15) is 5.75 Å². The van der Waals surface area contributed by atoms with Gasteiger partial charge >= 0.3 is 0 Å². The molecule has 126 valence electrons. The Balaban J connectivity index is 2.17. The number of benzene rings is 2. The second-order valence-electron chi connectivity index (χ2n) is 4.71. The normalized spacial score (nSPS) is 10.5. The fourth-order valence-electron chi connectivity index (χ4n) is 2.05. The Morgan fingerprint density at radius 3 is 2.29 bits per heavy atom. The molecule has 0 unspecified atom stereocenters. The Morgan fingerprint density at radius 2 is 1.75 bits per heavy atom. The Labute approximate surface area is 139 Å². The van der Waals surface area contributed by atoms with Crippen LogP contribution < -0.4 is 19.6 Å². The van der Waals surface area contributed by atoms with E-state index in [1.807, 2.05) is 0 Å². The van der Waals surface area contributed by atoms with Gasteiger partial charge in [0.05, 0.1) is 27.5 Å². The molecule has 0 aliphatic rings. The second kappa shape index (κ2) is 7.87. The first-order valence-electron chi connectivity index (χ1n) is 7.01. The van der Waals surface area contributed by atoms with E-state index in [9.17, 15) is 9.90 Å². The van der Waals surface area contributed by atoms with Crippen molar-refractivity contribution in [1.29, 1.82) is 0 Å². The summed E-state index contributed by atoms with van der Waals surface area (Å²) in [5, 5.41) is 13.2. The Bertz CT molecular complexity index is 733. The van der Waals surface area contributed by atoms with Crippen LogP contribution in [0.25, 0.3) is 0 Å². The van der Waals surface area contributed by atoms with Crippen LogP contribution >= 0.6 is 0 Å². The summed E-state index contributed by atoms with van der Waals surface area (Å²) in [4.78, 5) is 12.2. The van der Waals surface area contributed by atoms with Crippen molar-refractivity contribution < 1.29 is 24.1 Å². The Hall–Kier alpha value is -3.22. The van der Waals surface area contributed by atoms with Crippen molar-refractivity contribution >= 4 is 12.1 Å². The highest BCUT2D eigenvalue weighted by molar-refractivity contribution is 5.96. The molecule has 0 spiro atoms. The zero-order valence-electron chi connectivity index (χ0n) is 13.6. The van der Waals surface area contributed by atoms with Crippen molar-refractivity contribution in [3.8, 4) is 23.0 Å². The van der Waals surface area contributed by atoms with Crippen molar-refractivity contribution in [2.24, 2.45) is 5.10 Å². The maximum Gasteiger partial charge on any atom is 0.271 e. The highest BCUT2D eigenvalue weighted by atomic mass is 16.5. The average molecular weight is 330 g/mol. The van der Waals surface area contributed by atoms with Gasteiger partial charge in [0.2, 0.25) is 5.75 Å². The van der Waals surface area contributed by atoms with Gasteiger partial charge in [-0.1, -0.05) is 12.1 Å². The number of aromatic hydroxyl groups is 1. The van der Waals surface area contributed by atoms with Gasteiger partial charge in [-0.2, -0.15) is 5.10 Å². The van der Waals surface area contributed by atoms with E-state index in [0.29, 0.717) is 28.4 Å². The smallest absolute Gasteiger partial charge is 0.271 e. The van der Waals surface area contributed by atoms with E-state index in [1.54, 1.807) is 18.2 Å². The van der Waals surface area contributed by atoms with Crippen LogP contribution in [0.2, 0.25) is 0 Å². The number of carbonyl (C=O) groups excluding carboxylic acids is 1. The number of phenols is 1. The molecule has 0 saturated carbocycles. The summed E-state index contributed by atoms with van der Waals surface area (Å²) in [6.45, 7) is 0. The van der Waals surface area contributed by atoms with Crippen molar-refractivity contribution in [3.63, 3.8) is 0 Å². The minimum Gasteiger partial charge on any atom is -0.508 e. The summed E-state index contributed by atoms with van der Waals surface area (Å²) < 4.78 is 15.6. The molecule has 0 bridgehead atoms. The van der Waals surface area contributed by atoms with Crippen LogP contribution in [0, 0.1) is 0 Å². The molecule has 0 saturated heterocycles. The standard InChI is InChI=1S/C17H18N2O5/c1-22-14-8-12(9-15(23-2)16(14)24-3)17(21)19-18-10-11-5-4-6-13(20)7-11/h4-10,20H,1-3H3,(H,19,21)/b18-10-. The maximum atomic E-state index is 12.2. The lowest BCUT2D eigenvalue weighted by molar-refractivity contribution is 0.0954. The second-order valence-corrected chi connectivity index (χ2v) is 4.71. The van der Waals surface area contributed by atoms with Crippen LogP contribution in [-0.4, -0.2) is 38.6 Å². The van der Waals surface area contributed by atoms with Crippen molar-refractivity contribution in [1.82, 2.24) is 5.43 Å². The fraction of sp³-hybridized carbons (Fsp3) is 0.176. The van der Waals surface area contributed by atoms with E-state index < -0.39 is 5.91 Å². The van der Waals surface area contributed by atoms with E-state index in [1.165, 1.54) is 45.7 Å². The van der Waals surface area contributed by atoms with Crippen LogP contribution in [0.4, 0.5) is 0 Å². The van der Waals surface area contributed by atoms with Crippen LogP contribution in [0.5, 0.6) is 23.0 Å². The number of hydrazone groups is 1. The van der Waals surface area contributed by atoms with E-state index in [2.05, 4.69) is 10.5 Å². The average Bonchev–Trinajstić information content (AvgIpc) is 2.60. The van der Waals surface area contributed by atoms with Gasteiger partial charge < -0.3 is 19.3 Å². The molecule has 2 aromatic carbocycles. The molecule has 7 heteroatoms. The molecule has 1 amide bonds.